The molecule has 0 spiro atoms. The molecule has 3 aromatic rings. The Kier molecular flexibility index (Phi) is 4.37. The molecule has 6 nitrogen and oxygen atoms in total. The minimum atomic E-state index is -0.639. The second-order valence-corrected chi connectivity index (χ2v) is 6.94. The van der Waals surface area contributed by atoms with Gasteiger partial charge in [0.05, 0.1) is 21.3 Å². The molecule has 27 heavy (non-hydrogen) atoms. The lowest BCUT2D eigenvalue weighted by Gasteiger charge is -2.18. The molecule has 1 aliphatic carbocycles. The van der Waals surface area contributed by atoms with Crippen molar-refractivity contribution in [2.24, 2.45) is 5.73 Å². The zero-order valence-electron chi connectivity index (χ0n) is 14.0. The fourth-order valence-electron chi connectivity index (χ4n) is 3.31. The predicted octanol–water partition coefficient (Wildman–Crippen LogP) is 3.44. The van der Waals surface area contributed by atoms with Crippen molar-refractivity contribution in [2.75, 3.05) is 5.43 Å². The van der Waals surface area contributed by atoms with Gasteiger partial charge in [-0.2, -0.15) is 4.79 Å². The van der Waals surface area contributed by atoms with Gasteiger partial charge in [0, 0.05) is 11.1 Å². The van der Waals surface area contributed by atoms with E-state index in [1.54, 1.807) is 18.2 Å². The smallest absolute Gasteiger partial charge is 0.272 e. The number of hydrogen-bond acceptors (Lipinski definition) is 3. The van der Waals surface area contributed by atoms with Crippen molar-refractivity contribution in [3.05, 3.63) is 74.9 Å². The maximum atomic E-state index is 12.7. The summed E-state index contributed by atoms with van der Waals surface area (Å²) in [5.41, 5.74) is 11.9. The quantitative estimate of drug-likeness (QED) is 0.705. The van der Waals surface area contributed by atoms with Crippen LogP contribution in [0.15, 0.2) is 42.5 Å². The monoisotopic (exact) mass is 400 g/mol. The molecule has 0 aliphatic heterocycles. The van der Waals surface area contributed by atoms with E-state index in [0.29, 0.717) is 12.1 Å². The van der Waals surface area contributed by atoms with Crippen molar-refractivity contribution < 1.29 is 9.59 Å². The lowest BCUT2D eigenvalue weighted by molar-refractivity contribution is 0.0983. The van der Waals surface area contributed by atoms with E-state index >= 15 is 0 Å². The molecule has 3 N–H and O–H groups in total. The molecule has 0 radical (unpaired) electrons. The van der Waals surface area contributed by atoms with Crippen LogP contribution in [-0.2, 0) is 12.8 Å². The Morgan fingerprint density at radius 2 is 1.85 bits per heavy atom. The number of fused-ring (bicyclic) bond motifs is 3. The average molecular weight is 401 g/mol. The van der Waals surface area contributed by atoms with Crippen LogP contribution in [0.25, 0.3) is 11.3 Å². The van der Waals surface area contributed by atoms with E-state index in [1.807, 2.05) is 24.3 Å². The normalized spacial score (nSPS) is 12.2. The van der Waals surface area contributed by atoms with Gasteiger partial charge in [0.1, 0.15) is 0 Å². The van der Waals surface area contributed by atoms with Gasteiger partial charge in [0.2, 0.25) is 0 Å². The van der Waals surface area contributed by atoms with Gasteiger partial charge < -0.3 is 5.73 Å². The van der Waals surface area contributed by atoms with Crippen molar-refractivity contribution in [3.8, 4) is 11.3 Å². The first-order valence-electron chi connectivity index (χ1n) is 8.22. The van der Waals surface area contributed by atoms with Crippen LogP contribution >= 0.6 is 23.2 Å². The number of primary amides is 1. The van der Waals surface area contributed by atoms with E-state index in [1.165, 1.54) is 4.79 Å². The molecule has 2 aromatic carbocycles. The summed E-state index contributed by atoms with van der Waals surface area (Å²) in [7, 11) is 0. The van der Waals surface area contributed by atoms with Crippen molar-refractivity contribution in [1.29, 1.82) is 0 Å². The highest BCUT2D eigenvalue weighted by Crippen LogP contribution is 2.35. The van der Waals surface area contributed by atoms with Crippen LogP contribution in [-0.4, -0.2) is 21.7 Å². The molecule has 136 valence electrons. The van der Waals surface area contributed by atoms with Crippen molar-refractivity contribution >= 4 is 35.0 Å². The van der Waals surface area contributed by atoms with Crippen LogP contribution in [0.5, 0.6) is 0 Å². The molecular weight excluding hydrogens is 387 g/mol. The lowest BCUT2D eigenvalue weighted by Crippen LogP contribution is -2.26. The molecule has 4 rings (SSSR count). The van der Waals surface area contributed by atoms with Gasteiger partial charge >= 0.3 is 0 Å². The Labute approximate surface area is 164 Å². The molecule has 1 aromatic heterocycles. The largest absolute Gasteiger partial charge is 0.364 e. The Morgan fingerprint density at radius 3 is 2.63 bits per heavy atom. The molecule has 0 bridgehead atoms. The molecule has 0 unspecified atom stereocenters. The number of carbonyl (C=O) groups excluding carboxylic acids is 2. The molecule has 0 atom stereocenters. The minimum absolute atomic E-state index is 0.146. The summed E-state index contributed by atoms with van der Waals surface area (Å²) in [6.07, 6.45) is 1.38. The Balaban J connectivity index is 1.82. The summed E-state index contributed by atoms with van der Waals surface area (Å²) in [6, 6.07) is 12.6. The lowest BCUT2D eigenvalue weighted by atomic mass is 9.89. The predicted molar refractivity (Wildman–Crippen MR) is 104 cm³/mol. The Hall–Kier alpha value is -2.83. The summed E-state index contributed by atoms with van der Waals surface area (Å²) in [5.74, 6) is -1.13. The second-order valence-electron chi connectivity index (χ2n) is 6.15. The molecular formula is C19H14Cl2N4O2. The van der Waals surface area contributed by atoms with Crippen LogP contribution in [0.3, 0.4) is 0 Å². The Morgan fingerprint density at radius 1 is 1.07 bits per heavy atom. The highest BCUT2D eigenvalue weighted by atomic mass is 35.5. The van der Waals surface area contributed by atoms with Gasteiger partial charge in [0.25, 0.3) is 11.8 Å². The van der Waals surface area contributed by atoms with Gasteiger partial charge in [-0.3, -0.25) is 9.59 Å². The number of benzene rings is 2. The molecule has 0 saturated carbocycles. The van der Waals surface area contributed by atoms with Crippen LogP contribution in [0.1, 0.15) is 32.0 Å². The van der Waals surface area contributed by atoms with E-state index in [-0.39, 0.29) is 21.3 Å². The maximum Gasteiger partial charge on any atom is 0.272 e. The highest BCUT2D eigenvalue weighted by molar-refractivity contribution is 6.44. The topological polar surface area (TPSA) is 90.0 Å². The molecule has 1 heterocycles. The van der Waals surface area contributed by atoms with Crippen molar-refractivity contribution in [3.63, 3.8) is 0 Å². The summed E-state index contributed by atoms with van der Waals surface area (Å²) < 4.78 is 0. The van der Waals surface area contributed by atoms with Gasteiger partial charge in [-0.25, -0.2) is 5.43 Å². The van der Waals surface area contributed by atoms with E-state index in [4.69, 9.17) is 28.9 Å². The van der Waals surface area contributed by atoms with E-state index in [0.717, 1.165) is 23.1 Å². The molecule has 8 heteroatoms. The minimum Gasteiger partial charge on any atom is -0.364 e. The maximum absolute atomic E-state index is 12.7. The first-order valence-corrected chi connectivity index (χ1v) is 8.98. The van der Waals surface area contributed by atoms with Crippen LogP contribution < -0.4 is 11.2 Å². The average Bonchev–Trinajstić information content (AvgIpc) is 3.03. The third-order valence-electron chi connectivity index (χ3n) is 4.54. The highest BCUT2D eigenvalue weighted by Gasteiger charge is 2.28. The summed E-state index contributed by atoms with van der Waals surface area (Å²) in [6.45, 7) is 0. The molecule has 0 saturated heterocycles. The number of aryl methyl sites for hydroxylation is 1. The summed E-state index contributed by atoms with van der Waals surface area (Å²) >= 11 is 12.1. The van der Waals surface area contributed by atoms with E-state index in [2.05, 4.69) is 10.5 Å². The SMILES string of the molecule is NC(=O)c1nn(NC(=O)c2cccc(Cl)c2Cl)c2c1CCc1ccccc1-2. The first-order chi connectivity index (χ1) is 13.0. The number of rotatable bonds is 3. The summed E-state index contributed by atoms with van der Waals surface area (Å²) in [5, 5.41) is 4.66. The zero-order valence-corrected chi connectivity index (χ0v) is 15.5. The van der Waals surface area contributed by atoms with Crippen molar-refractivity contribution in [1.82, 2.24) is 9.89 Å². The van der Waals surface area contributed by atoms with Gasteiger partial charge in [-0.15, -0.1) is 5.10 Å². The van der Waals surface area contributed by atoms with Crippen LogP contribution in [0.4, 0.5) is 0 Å². The standard InChI is InChI=1S/C19H14Cl2N4O2/c20-14-7-3-6-12(15(14)21)19(27)24-25-17-11-5-2-1-4-10(11)8-9-13(17)16(23-25)18(22)26/h1-7H,8-9H2,(H2,22,26)(H,24,27). The number of nitrogens with one attached hydrogen (secondary N) is 1. The van der Waals surface area contributed by atoms with Gasteiger partial charge in [0.15, 0.2) is 5.69 Å². The van der Waals surface area contributed by atoms with E-state index in [9.17, 15) is 9.59 Å². The second kappa shape index (κ2) is 6.72. The van der Waals surface area contributed by atoms with Crippen molar-refractivity contribution in [2.45, 2.75) is 12.8 Å². The molecule has 1 aliphatic rings. The third kappa shape index (κ3) is 2.97. The molecule has 0 fully saturated rings. The zero-order chi connectivity index (χ0) is 19.1. The van der Waals surface area contributed by atoms with Crippen LogP contribution in [0.2, 0.25) is 10.0 Å². The number of amides is 2. The van der Waals surface area contributed by atoms with E-state index < -0.39 is 11.8 Å². The van der Waals surface area contributed by atoms with Gasteiger partial charge in [-0.1, -0.05) is 53.5 Å². The van der Waals surface area contributed by atoms with Crippen LogP contribution in [0, 0.1) is 0 Å². The Bertz CT molecular complexity index is 1090. The number of carbonyl (C=O) groups is 2. The number of aromatic nitrogens is 2. The number of halogens is 2. The number of nitrogens with zero attached hydrogens (tertiary/aromatic N) is 2. The summed E-state index contributed by atoms with van der Waals surface area (Å²) in [4.78, 5) is 25.9. The number of nitrogens with two attached hydrogens (primary N) is 1. The first kappa shape index (κ1) is 17.6. The van der Waals surface area contributed by atoms with Gasteiger partial charge in [-0.05, 0) is 30.5 Å². The third-order valence-corrected chi connectivity index (χ3v) is 5.36. The number of hydrogen-bond donors (Lipinski definition) is 2. The molecule has 2 amide bonds. The fourth-order valence-corrected chi connectivity index (χ4v) is 3.69. The fraction of sp³-hybridized carbons (Fsp3) is 0.105.